The molecule has 0 radical (unpaired) electrons. The zero-order chi connectivity index (χ0) is 11.8. The van der Waals surface area contributed by atoms with Gasteiger partial charge in [0.25, 0.3) is 0 Å². The topological polar surface area (TPSA) is 34.1 Å². The number of ketones is 2. The van der Waals surface area contributed by atoms with Crippen LogP contribution in [0, 0.1) is 11.8 Å². The highest BCUT2D eigenvalue weighted by Crippen LogP contribution is 2.27. The minimum absolute atomic E-state index is 0.125. The van der Waals surface area contributed by atoms with Crippen molar-refractivity contribution >= 4 is 33.2 Å². The third kappa shape index (κ3) is 7.01. The Morgan fingerprint density at radius 3 is 2.00 bits per heavy atom. The highest BCUT2D eigenvalue weighted by molar-refractivity contribution is 8.76. The summed E-state index contributed by atoms with van der Waals surface area (Å²) < 4.78 is 0. The Morgan fingerprint density at radius 1 is 1.07 bits per heavy atom. The average Bonchev–Trinajstić information content (AvgIpc) is 2.16. The third-order valence-corrected chi connectivity index (χ3v) is 5.09. The monoisotopic (exact) mass is 248 g/mol. The van der Waals surface area contributed by atoms with Gasteiger partial charge >= 0.3 is 0 Å². The first-order valence-corrected chi connectivity index (χ1v) is 7.73. The Bertz CT molecular complexity index is 217. The van der Waals surface area contributed by atoms with Crippen LogP contribution < -0.4 is 0 Å². The van der Waals surface area contributed by atoms with E-state index in [-0.39, 0.29) is 23.4 Å². The Kier molecular flexibility index (Phi) is 8.24. The van der Waals surface area contributed by atoms with Crippen molar-refractivity contribution in [1.82, 2.24) is 0 Å². The number of carbonyl (C=O) groups is 2. The van der Waals surface area contributed by atoms with Gasteiger partial charge in [-0.15, -0.1) is 0 Å². The van der Waals surface area contributed by atoms with Crippen molar-refractivity contribution in [2.75, 3.05) is 11.5 Å². The molecule has 0 aromatic heterocycles. The van der Waals surface area contributed by atoms with Crippen LogP contribution >= 0.6 is 21.6 Å². The van der Waals surface area contributed by atoms with Crippen LogP contribution in [0.15, 0.2) is 0 Å². The molecule has 15 heavy (non-hydrogen) atoms. The maximum Gasteiger partial charge on any atom is 0.133 e. The van der Waals surface area contributed by atoms with Crippen molar-refractivity contribution in [2.45, 2.75) is 34.1 Å². The molecule has 0 rings (SSSR count). The van der Waals surface area contributed by atoms with Crippen molar-refractivity contribution in [3.05, 3.63) is 0 Å². The van der Waals surface area contributed by atoms with Crippen LogP contribution in [0.25, 0.3) is 0 Å². The molecular formula is C11H20O2S2. The van der Waals surface area contributed by atoms with Gasteiger partial charge in [0.05, 0.1) is 0 Å². The van der Waals surface area contributed by atoms with Gasteiger partial charge in [0, 0.05) is 23.3 Å². The highest BCUT2D eigenvalue weighted by Gasteiger charge is 2.13. The molecule has 0 N–H and O–H groups in total. The quantitative estimate of drug-likeness (QED) is 0.488. The second-order valence-electron chi connectivity index (χ2n) is 3.80. The van der Waals surface area contributed by atoms with Gasteiger partial charge in [-0.25, -0.2) is 0 Å². The normalized spacial score (nSPS) is 14.7. The number of hydrogen-bond donors (Lipinski definition) is 0. The van der Waals surface area contributed by atoms with Crippen molar-refractivity contribution in [1.29, 1.82) is 0 Å². The molecule has 0 bridgehead atoms. The van der Waals surface area contributed by atoms with Gasteiger partial charge in [0.1, 0.15) is 11.6 Å². The van der Waals surface area contributed by atoms with Gasteiger partial charge in [0.2, 0.25) is 0 Å². The van der Waals surface area contributed by atoms with Crippen LogP contribution in [-0.2, 0) is 9.59 Å². The predicted octanol–water partition coefficient (Wildman–Crippen LogP) is 3.21. The lowest BCUT2D eigenvalue weighted by molar-refractivity contribution is -0.120. The molecule has 2 atom stereocenters. The molecule has 88 valence electrons. The summed E-state index contributed by atoms with van der Waals surface area (Å²) in [6, 6.07) is 0. The second kappa shape index (κ2) is 8.22. The number of carbonyl (C=O) groups excluding carboxylic acids is 2. The number of rotatable bonds is 8. The molecule has 2 nitrogen and oxygen atoms in total. The standard InChI is InChI=1S/C11H20O2S2/c1-5-11(10(4)13)7-15-14-6-8(2)9(3)12/h8,11H,5-7H2,1-4H3/t8-,11-/m0/s1. The fourth-order valence-electron chi connectivity index (χ4n) is 0.920. The zero-order valence-electron chi connectivity index (χ0n) is 9.91. The van der Waals surface area contributed by atoms with Crippen LogP contribution in [0.5, 0.6) is 0 Å². The summed E-state index contributed by atoms with van der Waals surface area (Å²) in [6.45, 7) is 7.26. The van der Waals surface area contributed by atoms with E-state index >= 15 is 0 Å². The van der Waals surface area contributed by atoms with Gasteiger partial charge in [0.15, 0.2) is 0 Å². The van der Waals surface area contributed by atoms with Gasteiger partial charge in [-0.1, -0.05) is 35.4 Å². The van der Waals surface area contributed by atoms with Crippen LogP contribution in [0.2, 0.25) is 0 Å². The van der Waals surface area contributed by atoms with E-state index in [1.54, 1.807) is 35.4 Å². The smallest absolute Gasteiger partial charge is 0.133 e. The van der Waals surface area contributed by atoms with E-state index in [2.05, 4.69) is 0 Å². The first-order chi connectivity index (χ1) is 6.99. The van der Waals surface area contributed by atoms with Gasteiger partial charge in [-0.2, -0.15) is 0 Å². The fourth-order valence-corrected chi connectivity index (χ4v) is 3.87. The van der Waals surface area contributed by atoms with Gasteiger partial charge in [-0.3, -0.25) is 9.59 Å². The van der Waals surface area contributed by atoms with E-state index in [1.807, 2.05) is 13.8 Å². The molecule has 0 aromatic carbocycles. The molecule has 0 aliphatic rings. The van der Waals surface area contributed by atoms with Crippen molar-refractivity contribution in [2.24, 2.45) is 11.8 Å². The van der Waals surface area contributed by atoms with Crippen LogP contribution in [0.1, 0.15) is 34.1 Å². The minimum Gasteiger partial charge on any atom is -0.300 e. The van der Waals surface area contributed by atoms with E-state index < -0.39 is 0 Å². The number of hydrogen-bond acceptors (Lipinski definition) is 4. The Hall–Kier alpha value is 0.0400. The predicted molar refractivity (Wildman–Crippen MR) is 69.2 cm³/mol. The van der Waals surface area contributed by atoms with E-state index in [9.17, 15) is 9.59 Å². The summed E-state index contributed by atoms with van der Waals surface area (Å²) in [5.41, 5.74) is 0. The Balaban J connectivity index is 3.61. The lowest BCUT2D eigenvalue weighted by Crippen LogP contribution is -2.12. The van der Waals surface area contributed by atoms with Crippen molar-refractivity contribution < 1.29 is 9.59 Å². The molecular weight excluding hydrogens is 228 g/mol. The summed E-state index contributed by atoms with van der Waals surface area (Å²) >= 11 is 0. The summed E-state index contributed by atoms with van der Waals surface area (Å²) in [6.07, 6.45) is 0.908. The third-order valence-electron chi connectivity index (χ3n) is 2.43. The van der Waals surface area contributed by atoms with E-state index in [1.165, 1.54) is 0 Å². The first kappa shape index (κ1) is 15.0. The molecule has 0 aromatic rings. The van der Waals surface area contributed by atoms with Crippen molar-refractivity contribution in [3.63, 3.8) is 0 Å². The zero-order valence-corrected chi connectivity index (χ0v) is 11.5. The average molecular weight is 248 g/mol. The maximum atomic E-state index is 11.1. The Labute approximate surface area is 100 Å². The first-order valence-electron chi connectivity index (χ1n) is 5.24. The summed E-state index contributed by atoms with van der Waals surface area (Å²) in [5, 5.41) is 0. The maximum absolute atomic E-state index is 11.1. The molecule has 0 amide bonds. The SMILES string of the molecule is CC[C@@H](CSSC[C@H](C)C(C)=O)C(C)=O. The van der Waals surface area contributed by atoms with E-state index in [4.69, 9.17) is 0 Å². The molecule has 0 saturated carbocycles. The molecule has 0 heterocycles. The highest BCUT2D eigenvalue weighted by atomic mass is 33.1. The fraction of sp³-hybridized carbons (Fsp3) is 0.818. The summed E-state index contributed by atoms with van der Waals surface area (Å²) in [5.74, 6) is 2.51. The van der Waals surface area contributed by atoms with Crippen LogP contribution in [0.4, 0.5) is 0 Å². The summed E-state index contributed by atoms with van der Waals surface area (Å²) in [7, 11) is 3.40. The summed E-state index contributed by atoms with van der Waals surface area (Å²) in [4.78, 5) is 22.1. The molecule has 0 aliphatic heterocycles. The second-order valence-corrected chi connectivity index (χ2v) is 6.35. The molecule has 0 fully saturated rings. The van der Waals surface area contributed by atoms with E-state index in [0.717, 1.165) is 17.9 Å². The Morgan fingerprint density at radius 2 is 1.60 bits per heavy atom. The molecule has 4 heteroatoms. The largest absolute Gasteiger partial charge is 0.300 e. The van der Waals surface area contributed by atoms with Gasteiger partial charge in [-0.05, 0) is 20.3 Å². The molecule has 0 spiro atoms. The van der Waals surface area contributed by atoms with Crippen molar-refractivity contribution in [3.8, 4) is 0 Å². The molecule has 0 saturated heterocycles. The minimum atomic E-state index is 0.125. The van der Waals surface area contributed by atoms with E-state index in [0.29, 0.717) is 0 Å². The molecule has 0 aliphatic carbocycles. The lowest BCUT2D eigenvalue weighted by Gasteiger charge is -2.11. The van der Waals surface area contributed by atoms with Gasteiger partial charge < -0.3 is 0 Å². The van der Waals surface area contributed by atoms with Crippen LogP contribution in [0.3, 0.4) is 0 Å². The van der Waals surface area contributed by atoms with Crippen LogP contribution in [-0.4, -0.2) is 23.1 Å². The lowest BCUT2D eigenvalue weighted by atomic mass is 10.1. The molecule has 0 unspecified atom stereocenters. The number of Topliss-reactive ketones (excluding diaryl/α,β-unsaturated/α-hetero) is 2.